The summed E-state index contributed by atoms with van der Waals surface area (Å²) in [5, 5.41) is 4.42. The monoisotopic (exact) mass is 508 g/mol. The number of nitrogens with one attached hydrogen (secondary N) is 1. The van der Waals surface area contributed by atoms with Crippen molar-refractivity contribution < 1.29 is 18.0 Å². The molecular weight excluding hydrogens is 488 g/mol. The Morgan fingerprint density at radius 3 is 2.26 bits per heavy atom. The lowest BCUT2D eigenvalue weighted by Crippen LogP contribution is -2.50. The summed E-state index contributed by atoms with van der Waals surface area (Å²) in [5.74, 6) is -0.311. The van der Waals surface area contributed by atoms with Crippen LogP contribution in [0.1, 0.15) is 20.0 Å². The van der Waals surface area contributed by atoms with Gasteiger partial charge in [0.1, 0.15) is 9.77 Å². The standard InChI is InChI=1S/C23H20N6O4S2/c30-22(28-11-13-29(14-12-28)23(31)19-15-25-27-34-19)17-6-8-18(9-7-17)26-35(32,33)20-5-1-3-16-4-2-10-24-21(16)20/h1-10,15,26H,11-14H2. The molecule has 3 heterocycles. The number of aromatic nitrogens is 3. The number of piperazine rings is 1. The number of hydrogen-bond acceptors (Lipinski definition) is 8. The van der Waals surface area contributed by atoms with Crippen LogP contribution in [-0.2, 0) is 10.0 Å². The zero-order valence-corrected chi connectivity index (χ0v) is 20.0. The Balaban J connectivity index is 1.24. The van der Waals surface area contributed by atoms with Gasteiger partial charge in [-0.25, -0.2) is 8.42 Å². The molecule has 12 heteroatoms. The Kier molecular flexibility index (Phi) is 6.14. The minimum Gasteiger partial charge on any atom is -0.335 e. The molecule has 0 aliphatic carbocycles. The number of pyridine rings is 1. The Morgan fingerprint density at radius 2 is 1.57 bits per heavy atom. The molecule has 35 heavy (non-hydrogen) atoms. The molecule has 1 aliphatic rings. The van der Waals surface area contributed by atoms with Crippen molar-refractivity contribution in [1.82, 2.24) is 24.4 Å². The summed E-state index contributed by atoms with van der Waals surface area (Å²) in [4.78, 5) is 33.5. The van der Waals surface area contributed by atoms with Gasteiger partial charge in [-0.3, -0.25) is 19.3 Å². The molecule has 1 aliphatic heterocycles. The molecule has 1 fully saturated rings. The molecule has 0 saturated carbocycles. The van der Waals surface area contributed by atoms with Crippen molar-refractivity contribution in [2.45, 2.75) is 4.90 Å². The number of anilines is 1. The highest BCUT2D eigenvalue weighted by Crippen LogP contribution is 2.24. The van der Waals surface area contributed by atoms with E-state index in [1.54, 1.807) is 64.5 Å². The predicted octanol–water partition coefficient (Wildman–Crippen LogP) is 2.49. The molecule has 0 bridgehead atoms. The second-order valence-corrected chi connectivity index (χ2v) is 10.3. The van der Waals surface area contributed by atoms with E-state index in [2.05, 4.69) is 19.3 Å². The largest absolute Gasteiger partial charge is 0.335 e. The van der Waals surface area contributed by atoms with E-state index >= 15 is 0 Å². The Morgan fingerprint density at radius 1 is 0.886 bits per heavy atom. The molecule has 2 amide bonds. The minimum absolute atomic E-state index is 0.0808. The van der Waals surface area contributed by atoms with Gasteiger partial charge in [-0.2, -0.15) is 0 Å². The highest BCUT2D eigenvalue weighted by molar-refractivity contribution is 7.93. The third kappa shape index (κ3) is 4.70. The summed E-state index contributed by atoms with van der Waals surface area (Å²) in [6, 6.07) is 14.8. The van der Waals surface area contributed by atoms with Gasteiger partial charge >= 0.3 is 0 Å². The van der Waals surface area contributed by atoms with Crippen LogP contribution in [0.5, 0.6) is 0 Å². The molecule has 0 atom stereocenters. The number of nitrogens with zero attached hydrogens (tertiary/aromatic N) is 5. The van der Waals surface area contributed by atoms with Crippen LogP contribution in [-0.4, -0.2) is 70.8 Å². The Hall–Kier alpha value is -3.90. The summed E-state index contributed by atoms with van der Waals surface area (Å²) >= 11 is 1.05. The van der Waals surface area contributed by atoms with Crippen molar-refractivity contribution >= 4 is 50.0 Å². The van der Waals surface area contributed by atoms with E-state index in [1.807, 2.05) is 0 Å². The molecule has 0 unspecified atom stereocenters. The number of fused-ring (bicyclic) bond motifs is 1. The predicted molar refractivity (Wildman–Crippen MR) is 131 cm³/mol. The van der Waals surface area contributed by atoms with Crippen molar-refractivity contribution in [2.75, 3.05) is 30.9 Å². The fraction of sp³-hybridized carbons (Fsp3) is 0.174. The van der Waals surface area contributed by atoms with Crippen LogP contribution in [0.3, 0.4) is 0 Å². The summed E-state index contributed by atoms with van der Waals surface area (Å²) in [6.07, 6.45) is 2.99. The average Bonchev–Trinajstić information content (AvgIpc) is 3.43. The fourth-order valence-corrected chi connectivity index (χ4v) is 5.62. The number of carbonyl (C=O) groups is 2. The molecule has 10 nitrogen and oxygen atoms in total. The van der Waals surface area contributed by atoms with Crippen molar-refractivity contribution in [3.8, 4) is 0 Å². The van der Waals surface area contributed by atoms with E-state index in [1.165, 1.54) is 12.3 Å². The van der Waals surface area contributed by atoms with E-state index in [4.69, 9.17) is 0 Å². The first kappa shape index (κ1) is 22.9. The molecule has 0 radical (unpaired) electrons. The average molecular weight is 509 g/mol. The first-order chi connectivity index (χ1) is 16.9. The zero-order chi connectivity index (χ0) is 24.4. The fourth-order valence-electron chi connectivity index (χ4n) is 3.90. The van der Waals surface area contributed by atoms with Crippen LogP contribution in [0.15, 0.2) is 71.9 Å². The SMILES string of the molecule is O=C(c1ccc(NS(=O)(=O)c2cccc3cccnc23)cc1)N1CCN(C(=O)c2cnns2)CC1. The lowest BCUT2D eigenvalue weighted by Gasteiger charge is -2.34. The molecule has 178 valence electrons. The smallest absolute Gasteiger partial charge is 0.267 e. The van der Waals surface area contributed by atoms with Crippen molar-refractivity contribution in [1.29, 1.82) is 0 Å². The van der Waals surface area contributed by atoms with Gasteiger partial charge in [0.25, 0.3) is 21.8 Å². The first-order valence-electron chi connectivity index (χ1n) is 10.7. The number of sulfonamides is 1. The quantitative estimate of drug-likeness (QED) is 0.439. The molecule has 2 aromatic heterocycles. The van der Waals surface area contributed by atoms with Crippen molar-refractivity contribution in [3.05, 3.63) is 77.4 Å². The number of para-hydroxylation sites is 1. The van der Waals surface area contributed by atoms with Crippen LogP contribution in [0.4, 0.5) is 5.69 Å². The topological polar surface area (TPSA) is 125 Å². The lowest BCUT2D eigenvalue weighted by molar-refractivity contribution is 0.0538. The second-order valence-electron chi connectivity index (χ2n) is 7.88. The van der Waals surface area contributed by atoms with Crippen LogP contribution >= 0.6 is 11.5 Å². The van der Waals surface area contributed by atoms with E-state index in [0.717, 1.165) is 16.9 Å². The number of carbonyl (C=O) groups excluding carboxylic acids is 2. The van der Waals surface area contributed by atoms with Gasteiger partial charge < -0.3 is 9.80 Å². The van der Waals surface area contributed by atoms with Crippen molar-refractivity contribution in [2.24, 2.45) is 0 Å². The molecule has 5 rings (SSSR count). The third-order valence-electron chi connectivity index (χ3n) is 5.70. The normalized spacial score (nSPS) is 14.2. The van der Waals surface area contributed by atoms with Crippen LogP contribution in [0, 0.1) is 0 Å². The number of hydrogen-bond donors (Lipinski definition) is 1. The number of amides is 2. The van der Waals surface area contributed by atoms with Gasteiger partial charge in [-0.1, -0.05) is 22.7 Å². The van der Waals surface area contributed by atoms with Gasteiger partial charge in [0.15, 0.2) is 0 Å². The molecular formula is C23H20N6O4S2. The first-order valence-corrected chi connectivity index (χ1v) is 13.0. The van der Waals surface area contributed by atoms with E-state index in [9.17, 15) is 18.0 Å². The van der Waals surface area contributed by atoms with Gasteiger partial charge in [-0.15, -0.1) is 5.10 Å². The molecule has 0 spiro atoms. The maximum atomic E-state index is 13.0. The molecule has 1 N–H and O–H groups in total. The van der Waals surface area contributed by atoms with E-state index < -0.39 is 10.0 Å². The van der Waals surface area contributed by atoms with Gasteiger partial charge in [0, 0.05) is 49.0 Å². The summed E-state index contributed by atoms with van der Waals surface area (Å²) in [7, 11) is -3.88. The van der Waals surface area contributed by atoms with Crippen LogP contribution in [0.2, 0.25) is 0 Å². The second kappa shape index (κ2) is 9.39. The third-order valence-corrected chi connectivity index (χ3v) is 7.76. The Bertz CT molecular complexity index is 1480. The number of benzene rings is 2. The lowest BCUT2D eigenvalue weighted by atomic mass is 10.1. The maximum absolute atomic E-state index is 13.0. The van der Waals surface area contributed by atoms with Gasteiger partial charge in [0.05, 0.1) is 11.7 Å². The zero-order valence-electron chi connectivity index (χ0n) is 18.4. The maximum Gasteiger partial charge on any atom is 0.267 e. The molecule has 2 aromatic carbocycles. The summed E-state index contributed by atoms with van der Waals surface area (Å²) in [6.45, 7) is 1.64. The summed E-state index contributed by atoms with van der Waals surface area (Å²) < 4.78 is 32.2. The number of rotatable bonds is 5. The van der Waals surface area contributed by atoms with Crippen molar-refractivity contribution in [3.63, 3.8) is 0 Å². The van der Waals surface area contributed by atoms with Crippen LogP contribution < -0.4 is 4.72 Å². The molecule has 4 aromatic rings. The van der Waals surface area contributed by atoms with Crippen LogP contribution in [0.25, 0.3) is 10.9 Å². The highest BCUT2D eigenvalue weighted by Gasteiger charge is 2.26. The van der Waals surface area contributed by atoms with Gasteiger partial charge in [-0.05, 0) is 47.9 Å². The summed E-state index contributed by atoms with van der Waals surface area (Å²) in [5.41, 5.74) is 1.16. The molecule has 1 saturated heterocycles. The van der Waals surface area contributed by atoms with Gasteiger partial charge in [0.2, 0.25) is 0 Å². The Labute approximate surface area is 205 Å². The minimum atomic E-state index is -3.88. The van der Waals surface area contributed by atoms with E-state index in [0.29, 0.717) is 47.8 Å². The highest BCUT2D eigenvalue weighted by atomic mass is 32.2. The van der Waals surface area contributed by atoms with E-state index in [-0.39, 0.29) is 16.7 Å².